The molecule has 0 saturated carbocycles. The number of rotatable bonds is 5. The van der Waals surface area contributed by atoms with Gasteiger partial charge in [-0.2, -0.15) is 0 Å². The van der Waals surface area contributed by atoms with Gasteiger partial charge in [0.25, 0.3) is 0 Å². The van der Waals surface area contributed by atoms with Crippen molar-refractivity contribution in [3.05, 3.63) is 0 Å². The number of carbonyl (C=O) groups excluding carboxylic acids is 1. The summed E-state index contributed by atoms with van der Waals surface area (Å²) in [6, 6.07) is 0. The van der Waals surface area contributed by atoms with E-state index in [0.29, 0.717) is 19.4 Å². The van der Waals surface area contributed by atoms with Gasteiger partial charge < -0.3 is 9.84 Å². The van der Waals surface area contributed by atoms with Crippen LogP contribution < -0.4 is 0 Å². The summed E-state index contributed by atoms with van der Waals surface area (Å²) in [5, 5.41) is 10.3. The molecule has 0 aliphatic carbocycles. The molecule has 0 heterocycles. The van der Waals surface area contributed by atoms with E-state index in [-0.39, 0.29) is 5.97 Å². The van der Waals surface area contributed by atoms with Crippen LogP contribution in [0.3, 0.4) is 0 Å². The summed E-state index contributed by atoms with van der Waals surface area (Å²) in [7, 11) is 0. The molecule has 0 spiro atoms. The van der Waals surface area contributed by atoms with E-state index in [1.54, 1.807) is 20.8 Å². The number of carbonyl (C=O) groups is 1. The predicted octanol–water partition coefficient (Wildman–Crippen LogP) is 2.13. The molecule has 84 valence electrons. The van der Waals surface area contributed by atoms with E-state index < -0.39 is 11.0 Å². The number of hydrogen-bond acceptors (Lipinski definition) is 3. The Balaban J connectivity index is 4.81. The third kappa shape index (κ3) is 2.27. The van der Waals surface area contributed by atoms with Crippen molar-refractivity contribution >= 4 is 5.97 Å². The van der Waals surface area contributed by atoms with Crippen molar-refractivity contribution in [2.45, 2.75) is 53.1 Å². The van der Waals surface area contributed by atoms with Crippen LogP contribution in [0.15, 0.2) is 0 Å². The molecule has 0 saturated heterocycles. The van der Waals surface area contributed by atoms with Crippen molar-refractivity contribution in [2.75, 3.05) is 6.61 Å². The van der Waals surface area contributed by atoms with Gasteiger partial charge in [-0.05, 0) is 33.6 Å². The third-order valence-electron chi connectivity index (χ3n) is 3.12. The number of esters is 1. The highest BCUT2D eigenvalue weighted by molar-refractivity contribution is 5.77. The normalized spacial score (nSPS) is 12.7. The molecule has 3 nitrogen and oxygen atoms in total. The van der Waals surface area contributed by atoms with Crippen molar-refractivity contribution in [2.24, 2.45) is 5.41 Å². The average molecular weight is 202 g/mol. The molecule has 0 radical (unpaired) electrons. The summed E-state index contributed by atoms with van der Waals surface area (Å²) in [4.78, 5) is 11.6. The summed E-state index contributed by atoms with van der Waals surface area (Å²) in [6.45, 7) is 9.35. The first-order valence-electron chi connectivity index (χ1n) is 5.25. The van der Waals surface area contributed by atoms with Gasteiger partial charge in [-0.1, -0.05) is 13.8 Å². The van der Waals surface area contributed by atoms with Gasteiger partial charge in [0.15, 0.2) is 0 Å². The van der Waals surface area contributed by atoms with Crippen LogP contribution in [0, 0.1) is 5.41 Å². The maximum absolute atomic E-state index is 11.6. The van der Waals surface area contributed by atoms with Crippen LogP contribution in [0.4, 0.5) is 0 Å². The summed E-state index contributed by atoms with van der Waals surface area (Å²) >= 11 is 0. The number of aliphatic hydroxyl groups is 1. The van der Waals surface area contributed by atoms with Crippen molar-refractivity contribution in [3.8, 4) is 0 Å². The summed E-state index contributed by atoms with van der Waals surface area (Å²) in [5.41, 5.74) is -1.81. The minimum absolute atomic E-state index is 0.328. The van der Waals surface area contributed by atoms with Crippen molar-refractivity contribution in [1.82, 2.24) is 0 Å². The van der Waals surface area contributed by atoms with Crippen LogP contribution in [0.5, 0.6) is 0 Å². The Hall–Kier alpha value is -0.570. The number of hydrogen-bond donors (Lipinski definition) is 1. The average Bonchev–Trinajstić information content (AvgIpc) is 2.16. The zero-order valence-electron chi connectivity index (χ0n) is 9.89. The second-order valence-corrected chi connectivity index (χ2v) is 4.08. The Morgan fingerprint density at radius 3 is 1.93 bits per heavy atom. The summed E-state index contributed by atoms with van der Waals surface area (Å²) in [6.07, 6.45) is 1.10. The predicted molar refractivity (Wildman–Crippen MR) is 55.9 cm³/mol. The van der Waals surface area contributed by atoms with Gasteiger partial charge >= 0.3 is 5.97 Å². The lowest BCUT2D eigenvalue weighted by molar-refractivity contribution is -0.172. The second kappa shape index (κ2) is 4.78. The number of ether oxygens (including phenoxy) is 1. The Kier molecular flexibility index (Phi) is 4.59. The smallest absolute Gasteiger partial charge is 0.314 e. The first kappa shape index (κ1) is 13.4. The van der Waals surface area contributed by atoms with Crippen LogP contribution in [-0.4, -0.2) is 23.3 Å². The largest absolute Gasteiger partial charge is 0.465 e. The molecule has 0 fully saturated rings. The molecule has 0 aromatic heterocycles. The Morgan fingerprint density at radius 2 is 1.64 bits per heavy atom. The fourth-order valence-electron chi connectivity index (χ4n) is 1.64. The highest BCUT2D eigenvalue weighted by atomic mass is 16.5. The highest BCUT2D eigenvalue weighted by Gasteiger charge is 2.47. The van der Waals surface area contributed by atoms with E-state index >= 15 is 0 Å². The summed E-state index contributed by atoms with van der Waals surface area (Å²) < 4.78 is 4.96. The molecule has 0 bridgehead atoms. The van der Waals surface area contributed by atoms with Crippen LogP contribution >= 0.6 is 0 Å². The van der Waals surface area contributed by atoms with E-state index in [4.69, 9.17) is 4.74 Å². The van der Waals surface area contributed by atoms with Crippen LogP contribution in [0.25, 0.3) is 0 Å². The minimum atomic E-state index is -0.973. The molecule has 0 aliphatic heterocycles. The minimum Gasteiger partial charge on any atom is -0.465 e. The Labute approximate surface area is 86.5 Å². The molecular weight excluding hydrogens is 180 g/mol. The lowest BCUT2D eigenvalue weighted by Gasteiger charge is -2.39. The molecule has 0 unspecified atom stereocenters. The van der Waals surface area contributed by atoms with Crippen LogP contribution in [0.2, 0.25) is 0 Å². The molecule has 0 atom stereocenters. The third-order valence-corrected chi connectivity index (χ3v) is 3.12. The zero-order chi connectivity index (χ0) is 11.4. The van der Waals surface area contributed by atoms with Crippen molar-refractivity contribution < 1.29 is 14.6 Å². The van der Waals surface area contributed by atoms with E-state index in [1.165, 1.54) is 0 Å². The Bertz CT molecular complexity index is 193. The Morgan fingerprint density at radius 1 is 1.21 bits per heavy atom. The van der Waals surface area contributed by atoms with Gasteiger partial charge in [-0.25, -0.2) is 0 Å². The van der Waals surface area contributed by atoms with Gasteiger partial charge in [0.05, 0.1) is 17.6 Å². The fraction of sp³-hybridized carbons (Fsp3) is 0.909. The van der Waals surface area contributed by atoms with Gasteiger partial charge in [0, 0.05) is 0 Å². The maximum atomic E-state index is 11.6. The molecule has 0 aromatic rings. The molecule has 0 rings (SSSR count). The monoisotopic (exact) mass is 202 g/mol. The molecule has 0 aromatic carbocycles. The van der Waals surface area contributed by atoms with Crippen molar-refractivity contribution in [3.63, 3.8) is 0 Å². The van der Waals surface area contributed by atoms with E-state index in [0.717, 1.165) is 0 Å². The molecule has 1 N–H and O–H groups in total. The van der Waals surface area contributed by atoms with Gasteiger partial charge in [0.1, 0.15) is 0 Å². The first-order chi connectivity index (χ1) is 6.35. The van der Waals surface area contributed by atoms with Crippen LogP contribution in [0.1, 0.15) is 47.5 Å². The molecule has 3 heteroatoms. The van der Waals surface area contributed by atoms with Gasteiger partial charge in [-0.3, -0.25) is 4.79 Å². The first-order valence-corrected chi connectivity index (χ1v) is 5.25. The van der Waals surface area contributed by atoms with Crippen LogP contribution in [-0.2, 0) is 9.53 Å². The SMILES string of the molecule is CCOC(=O)C(C)(C)C(O)(CC)CC. The van der Waals surface area contributed by atoms with Gasteiger partial charge in [-0.15, -0.1) is 0 Å². The topological polar surface area (TPSA) is 46.5 Å². The van der Waals surface area contributed by atoms with E-state index in [9.17, 15) is 9.90 Å². The maximum Gasteiger partial charge on any atom is 0.314 e. The lowest BCUT2D eigenvalue weighted by atomic mass is 9.71. The highest BCUT2D eigenvalue weighted by Crippen LogP contribution is 2.37. The lowest BCUT2D eigenvalue weighted by Crippen LogP contribution is -2.49. The van der Waals surface area contributed by atoms with Crippen molar-refractivity contribution in [1.29, 1.82) is 0 Å². The standard InChI is InChI=1S/C11H22O3/c1-6-11(13,7-2)10(4,5)9(12)14-8-3/h13H,6-8H2,1-5H3. The van der Waals surface area contributed by atoms with Gasteiger partial charge in [0.2, 0.25) is 0 Å². The quantitative estimate of drug-likeness (QED) is 0.695. The van der Waals surface area contributed by atoms with E-state index in [2.05, 4.69) is 0 Å². The van der Waals surface area contributed by atoms with E-state index in [1.807, 2.05) is 13.8 Å². The second-order valence-electron chi connectivity index (χ2n) is 4.08. The summed E-state index contributed by atoms with van der Waals surface area (Å²) in [5.74, 6) is -0.328. The molecular formula is C11H22O3. The zero-order valence-corrected chi connectivity index (χ0v) is 9.89. The molecule has 0 aliphatic rings. The fourth-order valence-corrected chi connectivity index (χ4v) is 1.64. The molecule has 0 amide bonds. The molecule has 14 heavy (non-hydrogen) atoms.